The Morgan fingerprint density at radius 3 is 1.74 bits per heavy atom. The van der Waals surface area contributed by atoms with Gasteiger partial charge in [-0.25, -0.2) is 0 Å². The third-order valence-corrected chi connectivity index (χ3v) is 18.9. The fraction of sp³-hybridized carbons (Fsp3) is 1.00. The van der Waals surface area contributed by atoms with Gasteiger partial charge in [0.15, 0.2) is 18.9 Å². The number of aliphatic hydroxyl groups excluding tert-OH is 9. The number of fused-ring (bicyclic) bond motifs is 2. The molecule has 17 heteroatoms. The van der Waals surface area contributed by atoms with Crippen LogP contribution in [0.25, 0.3) is 0 Å². The molecular formula is C45H74O17. The largest absolute Gasteiger partial charge is 0.393 e. The van der Waals surface area contributed by atoms with Crippen LogP contribution in [0.3, 0.4) is 0 Å². The van der Waals surface area contributed by atoms with Crippen molar-refractivity contribution >= 4 is 0 Å². The van der Waals surface area contributed by atoms with Gasteiger partial charge in [0.2, 0.25) is 0 Å². The highest BCUT2D eigenvalue weighted by Gasteiger charge is 2.85. The first kappa shape index (κ1) is 46.4. The van der Waals surface area contributed by atoms with E-state index in [1.807, 2.05) is 0 Å². The number of aliphatic hydroxyl groups is 10. The summed E-state index contributed by atoms with van der Waals surface area (Å²) in [4.78, 5) is 0. The van der Waals surface area contributed by atoms with E-state index in [1.54, 1.807) is 13.8 Å². The molecule has 15 unspecified atom stereocenters. The number of hydrogen-bond donors (Lipinski definition) is 10. The zero-order valence-electron chi connectivity index (χ0n) is 37.3. The van der Waals surface area contributed by atoms with Gasteiger partial charge >= 0.3 is 0 Å². The molecule has 0 aromatic carbocycles. The van der Waals surface area contributed by atoms with E-state index in [0.29, 0.717) is 25.7 Å². The summed E-state index contributed by atoms with van der Waals surface area (Å²) in [5.41, 5.74) is -3.33. The summed E-state index contributed by atoms with van der Waals surface area (Å²) >= 11 is 0. The molecule has 9 aliphatic rings. The van der Waals surface area contributed by atoms with E-state index in [9.17, 15) is 51.1 Å². The average Bonchev–Trinajstić information content (AvgIpc) is 3.56. The van der Waals surface area contributed by atoms with Crippen LogP contribution in [0.4, 0.5) is 0 Å². The summed E-state index contributed by atoms with van der Waals surface area (Å²) in [5.74, 6) is -0.256. The molecule has 24 atom stereocenters. The lowest BCUT2D eigenvalue weighted by molar-refractivity contribution is -0.359. The van der Waals surface area contributed by atoms with E-state index in [1.165, 1.54) is 0 Å². The summed E-state index contributed by atoms with van der Waals surface area (Å²) < 4.78 is 44.0. The van der Waals surface area contributed by atoms with Crippen molar-refractivity contribution in [3.63, 3.8) is 0 Å². The molecule has 9 fully saturated rings. The second kappa shape index (κ2) is 15.4. The molecule has 10 N–H and O–H groups in total. The lowest BCUT2D eigenvalue weighted by atomic mass is 9.41. The molecule has 0 aromatic rings. The highest BCUT2D eigenvalue weighted by atomic mass is 16.8. The fourth-order valence-electron chi connectivity index (χ4n) is 15.8. The van der Waals surface area contributed by atoms with Gasteiger partial charge in [-0.2, -0.15) is 0 Å². The molecule has 17 nitrogen and oxygen atoms in total. The third-order valence-electron chi connectivity index (χ3n) is 18.9. The van der Waals surface area contributed by atoms with Crippen LogP contribution in [0, 0.1) is 44.8 Å². The maximum atomic E-state index is 12.3. The van der Waals surface area contributed by atoms with Gasteiger partial charge in [0.05, 0.1) is 55.4 Å². The van der Waals surface area contributed by atoms with Crippen molar-refractivity contribution in [1.82, 2.24) is 0 Å². The normalized spacial score (nSPS) is 58.5. The third kappa shape index (κ3) is 6.72. The molecule has 5 saturated carbocycles. The molecule has 4 aliphatic heterocycles. The van der Waals surface area contributed by atoms with Crippen molar-refractivity contribution in [2.75, 3.05) is 19.8 Å². The van der Waals surface area contributed by atoms with Gasteiger partial charge in [0, 0.05) is 5.92 Å². The molecule has 2 spiro atoms. The Bertz CT molecular complexity index is 1660. The van der Waals surface area contributed by atoms with Crippen LogP contribution < -0.4 is 0 Å². The highest BCUT2D eigenvalue weighted by molar-refractivity contribution is 5.33. The van der Waals surface area contributed by atoms with Crippen LogP contribution in [0.1, 0.15) is 106 Å². The van der Waals surface area contributed by atoms with Crippen molar-refractivity contribution in [3.8, 4) is 0 Å². The van der Waals surface area contributed by atoms with Crippen molar-refractivity contribution < 1.29 is 84.2 Å². The monoisotopic (exact) mass is 886 g/mol. The molecule has 0 amide bonds. The van der Waals surface area contributed by atoms with Crippen molar-refractivity contribution in [2.45, 2.75) is 216 Å². The lowest BCUT2D eigenvalue weighted by Gasteiger charge is -2.65. The van der Waals surface area contributed by atoms with E-state index >= 15 is 0 Å². The van der Waals surface area contributed by atoms with Crippen molar-refractivity contribution in [3.05, 3.63) is 0 Å². The molecule has 4 saturated heterocycles. The van der Waals surface area contributed by atoms with E-state index in [-0.39, 0.29) is 65.3 Å². The molecule has 0 radical (unpaired) electrons. The van der Waals surface area contributed by atoms with Gasteiger partial charge < -0.3 is 84.2 Å². The smallest absolute Gasteiger partial charge is 0.186 e. The Hall–Kier alpha value is -0.680. The molecule has 9 rings (SSSR count). The van der Waals surface area contributed by atoms with Gasteiger partial charge in [-0.15, -0.1) is 0 Å². The predicted molar refractivity (Wildman–Crippen MR) is 214 cm³/mol. The molecule has 5 aliphatic carbocycles. The van der Waals surface area contributed by atoms with Crippen LogP contribution in [-0.2, 0) is 33.2 Å². The molecule has 0 bridgehead atoms. The van der Waals surface area contributed by atoms with E-state index in [0.717, 1.165) is 32.1 Å². The van der Waals surface area contributed by atoms with Gasteiger partial charge in [0.25, 0.3) is 0 Å². The number of ether oxygens (including phenoxy) is 7. The zero-order chi connectivity index (χ0) is 44.9. The minimum Gasteiger partial charge on any atom is -0.393 e. The summed E-state index contributed by atoms with van der Waals surface area (Å²) in [5, 5.41) is 109. The summed E-state index contributed by atoms with van der Waals surface area (Å²) in [6.07, 6.45) is -12.2. The van der Waals surface area contributed by atoms with Gasteiger partial charge in [-0.1, -0.05) is 27.7 Å². The van der Waals surface area contributed by atoms with E-state index in [4.69, 9.17) is 33.2 Å². The average molecular weight is 887 g/mol. The SMILES string of the molecule is CC1(C2[C@@H](O)C[C@@]3(C)C4C[C@H](OC5OCC(O)C(O)C5O)[C@H]5C(C)(C)[C@@H](OC6OCC(O)C(O)C6OC6OCC(O)C(O)C6O)CC[C@@]56C[C@@]46CC[C@]23C)CC[C@@H](C(C)(C)O)O1. The quantitative estimate of drug-likeness (QED) is 0.142. The minimum atomic E-state index is -1.65. The second-order valence-electron chi connectivity index (χ2n) is 23.0. The Morgan fingerprint density at radius 1 is 0.565 bits per heavy atom. The molecular weight excluding hydrogens is 812 g/mol. The first-order valence-electron chi connectivity index (χ1n) is 23.2. The molecule has 356 valence electrons. The standard InChI is InChI=1S/C45H74O17/c1-39(2)26(60-38-33(30(52)23(49)18-58-38)61-37-32(54)29(51)22(48)17-57-37)9-11-45-19-44(45)13-12-41(5)34(43(7)10-8-27(62-43)40(3,4)55)20(46)15-42(41,6)25(44)14-24(35(39)45)59-36-31(53)28(50)21(47)16-56-36/h20-38,46-55H,8-19H2,1-7H3/t20-,21?,22?,23?,24-,25?,26-,27-,28?,29?,30?,31?,32?,33?,34?,35-,36?,37?,38?,41+,42-,43?,44-,45+/m0/s1. The summed E-state index contributed by atoms with van der Waals surface area (Å²) in [7, 11) is 0. The minimum absolute atomic E-state index is 0.0927. The number of hydrogen-bond acceptors (Lipinski definition) is 17. The van der Waals surface area contributed by atoms with Crippen LogP contribution in [0.5, 0.6) is 0 Å². The van der Waals surface area contributed by atoms with Crippen LogP contribution in [-0.4, -0.2) is 180 Å². The first-order valence-corrected chi connectivity index (χ1v) is 23.2. The van der Waals surface area contributed by atoms with Gasteiger partial charge in [-0.3, -0.25) is 0 Å². The lowest BCUT2D eigenvalue weighted by Crippen LogP contribution is -2.65. The summed E-state index contributed by atoms with van der Waals surface area (Å²) in [6.45, 7) is 13.8. The van der Waals surface area contributed by atoms with E-state index < -0.39 is 109 Å². The Labute approximate surface area is 363 Å². The summed E-state index contributed by atoms with van der Waals surface area (Å²) in [6, 6.07) is 0. The molecule has 62 heavy (non-hydrogen) atoms. The zero-order valence-corrected chi connectivity index (χ0v) is 37.3. The Morgan fingerprint density at radius 2 is 1.15 bits per heavy atom. The van der Waals surface area contributed by atoms with Crippen molar-refractivity contribution in [2.24, 2.45) is 44.8 Å². The predicted octanol–water partition coefficient (Wildman–Crippen LogP) is -0.173. The van der Waals surface area contributed by atoms with Gasteiger partial charge in [0.1, 0.15) is 54.9 Å². The molecule has 0 aromatic heterocycles. The van der Waals surface area contributed by atoms with Crippen LogP contribution >= 0.6 is 0 Å². The fourth-order valence-corrected chi connectivity index (χ4v) is 15.8. The first-order chi connectivity index (χ1) is 28.8. The topological polar surface area (TPSA) is 267 Å². The van der Waals surface area contributed by atoms with Crippen LogP contribution in [0.15, 0.2) is 0 Å². The van der Waals surface area contributed by atoms with Crippen LogP contribution in [0.2, 0.25) is 0 Å². The maximum Gasteiger partial charge on any atom is 0.186 e. The second-order valence-corrected chi connectivity index (χ2v) is 23.0. The van der Waals surface area contributed by atoms with Crippen molar-refractivity contribution in [1.29, 1.82) is 0 Å². The van der Waals surface area contributed by atoms with E-state index in [2.05, 4.69) is 34.6 Å². The van der Waals surface area contributed by atoms with Gasteiger partial charge in [-0.05, 0) is 117 Å². The maximum absolute atomic E-state index is 12.3. The molecule has 4 heterocycles. The Kier molecular flexibility index (Phi) is 11.5. The number of rotatable bonds is 8. The highest BCUT2D eigenvalue weighted by Crippen LogP contribution is 2.89. The Balaban J connectivity index is 1.03.